The highest BCUT2D eigenvalue weighted by Crippen LogP contribution is 2.23. The summed E-state index contributed by atoms with van der Waals surface area (Å²) in [4.78, 5) is 12.3. The molecule has 0 aliphatic rings. The Balaban J connectivity index is 3.15. The van der Waals surface area contributed by atoms with Crippen molar-refractivity contribution in [2.75, 3.05) is 26.8 Å². The SMILES string of the molecule is CCN(CC)S(=O)(=O)c1ccc(Cl)c(C(=O)NC(C)COC)c1. The first-order chi connectivity index (χ1) is 10.8. The summed E-state index contributed by atoms with van der Waals surface area (Å²) in [6.07, 6.45) is 0. The molecule has 1 amide bonds. The fourth-order valence-corrected chi connectivity index (χ4v) is 3.83. The summed E-state index contributed by atoms with van der Waals surface area (Å²) in [5, 5.41) is 2.92. The van der Waals surface area contributed by atoms with Crippen LogP contribution in [0.1, 0.15) is 31.1 Å². The van der Waals surface area contributed by atoms with Gasteiger partial charge in [-0.2, -0.15) is 4.31 Å². The number of methoxy groups -OCH3 is 1. The molecule has 0 heterocycles. The zero-order valence-electron chi connectivity index (χ0n) is 13.8. The summed E-state index contributed by atoms with van der Waals surface area (Å²) in [6.45, 7) is 6.36. The van der Waals surface area contributed by atoms with Crippen molar-refractivity contribution in [1.82, 2.24) is 9.62 Å². The standard InChI is InChI=1S/C15H23ClN2O4S/c1-5-18(6-2)23(20,21)12-7-8-14(16)13(9-12)15(19)17-11(3)10-22-4/h7-9,11H,5-6,10H2,1-4H3,(H,17,19). The Morgan fingerprint density at radius 1 is 1.35 bits per heavy atom. The zero-order valence-corrected chi connectivity index (χ0v) is 15.4. The molecule has 0 aliphatic heterocycles. The first kappa shape index (κ1) is 19.9. The van der Waals surface area contributed by atoms with Crippen LogP contribution < -0.4 is 5.32 Å². The molecule has 1 rings (SSSR count). The van der Waals surface area contributed by atoms with Gasteiger partial charge in [0, 0.05) is 26.2 Å². The molecule has 0 spiro atoms. The van der Waals surface area contributed by atoms with Crippen molar-refractivity contribution in [1.29, 1.82) is 0 Å². The lowest BCUT2D eigenvalue weighted by Crippen LogP contribution is -2.36. The molecule has 1 atom stereocenters. The smallest absolute Gasteiger partial charge is 0.253 e. The lowest BCUT2D eigenvalue weighted by Gasteiger charge is -2.19. The minimum absolute atomic E-state index is 0.0511. The summed E-state index contributed by atoms with van der Waals surface area (Å²) < 4.78 is 31.4. The number of ether oxygens (including phenoxy) is 1. The molecule has 1 aromatic rings. The predicted octanol–water partition coefficient (Wildman–Crippen LogP) is 2.14. The maximum atomic E-state index is 12.5. The molecule has 0 saturated heterocycles. The van der Waals surface area contributed by atoms with Crippen LogP contribution in [0, 0.1) is 0 Å². The third-order valence-corrected chi connectivity index (χ3v) is 5.70. The van der Waals surface area contributed by atoms with Crippen molar-refractivity contribution in [3.8, 4) is 0 Å². The topological polar surface area (TPSA) is 75.7 Å². The second kappa shape index (κ2) is 8.63. The van der Waals surface area contributed by atoms with Gasteiger partial charge in [-0.25, -0.2) is 8.42 Å². The number of nitrogens with zero attached hydrogens (tertiary/aromatic N) is 1. The molecule has 1 unspecified atom stereocenters. The first-order valence-corrected chi connectivity index (χ1v) is 9.19. The quantitative estimate of drug-likeness (QED) is 0.768. The van der Waals surface area contributed by atoms with E-state index in [0.29, 0.717) is 19.7 Å². The first-order valence-electron chi connectivity index (χ1n) is 7.37. The van der Waals surface area contributed by atoms with Crippen molar-refractivity contribution < 1.29 is 17.9 Å². The zero-order chi connectivity index (χ0) is 17.6. The molecule has 0 bridgehead atoms. The van der Waals surface area contributed by atoms with E-state index in [0.717, 1.165) is 0 Å². The van der Waals surface area contributed by atoms with Gasteiger partial charge in [-0.1, -0.05) is 25.4 Å². The molecule has 6 nitrogen and oxygen atoms in total. The van der Waals surface area contributed by atoms with Gasteiger partial charge in [0.15, 0.2) is 0 Å². The monoisotopic (exact) mass is 362 g/mol. The molecule has 0 fully saturated rings. The summed E-state index contributed by atoms with van der Waals surface area (Å²) in [5.41, 5.74) is 0.128. The van der Waals surface area contributed by atoms with Crippen LogP contribution in [0.4, 0.5) is 0 Å². The van der Waals surface area contributed by atoms with Gasteiger partial charge in [0.2, 0.25) is 10.0 Å². The number of nitrogens with one attached hydrogen (secondary N) is 1. The number of carbonyl (C=O) groups excluding carboxylic acids is 1. The number of hydrogen-bond acceptors (Lipinski definition) is 4. The van der Waals surface area contributed by atoms with E-state index in [-0.39, 0.29) is 21.5 Å². The molecule has 0 aliphatic carbocycles. The van der Waals surface area contributed by atoms with Crippen LogP contribution in [0.25, 0.3) is 0 Å². The van der Waals surface area contributed by atoms with E-state index in [1.165, 1.54) is 29.6 Å². The number of amides is 1. The number of benzene rings is 1. The Morgan fingerprint density at radius 2 is 1.96 bits per heavy atom. The largest absolute Gasteiger partial charge is 0.383 e. The van der Waals surface area contributed by atoms with Gasteiger partial charge in [-0.3, -0.25) is 4.79 Å². The van der Waals surface area contributed by atoms with Gasteiger partial charge in [-0.15, -0.1) is 0 Å². The highest BCUT2D eigenvalue weighted by atomic mass is 35.5. The number of sulfonamides is 1. The molecular weight excluding hydrogens is 340 g/mol. The fraction of sp³-hybridized carbons (Fsp3) is 0.533. The normalized spacial score (nSPS) is 13.1. The Kier molecular flexibility index (Phi) is 7.47. The van der Waals surface area contributed by atoms with E-state index in [1.807, 2.05) is 0 Å². The average Bonchev–Trinajstić information content (AvgIpc) is 2.48. The summed E-state index contributed by atoms with van der Waals surface area (Å²) in [5.74, 6) is -0.434. The maximum absolute atomic E-state index is 12.5. The molecule has 23 heavy (non-hydrogen) atoms. The second-order valence-corrected chi connectivity index (χ2v) is 7.41. The van der Waals surface area contributed by atoms with Crippen molar-refractivity contribution in [2.45, 2.75) is 31.7 Å². The fourth-order valence-electron chi connectivity index (χ4n) is 2.14. The molecule has 0 saturated carbocycles. The van der Waals surface area contributed by atoms with E-state index in [9.17, 15) is 13.2 Å². The lowest BCUT2D eigenvalue weighted by molar-refractivity contribution is 0.0905. The van der Waals surface area contributed by atoms with Gasteiger partial charge in [0.05, 0.1) is 22.1 Å². The van der Waals surface area contributed by atoms with Gasteiger partial charge < -0.3 is 10.1 Å². The van der Waals surface area contributed by atoms with Crippen molar-refractivity contribution in [3.05, 3.63) is 28.8 Å². The van der Waals surface area contributed by atoms with Gasteiger partial charge in [0.1, 0.15) is 0 Å². The molecule has 0 radical (unpaired) electrons. The van der Waals surface area contributed by atoms with Crippen LogP contribution in [0.5, 0.6) is 0 Å². The second-order valence-electron chi connectivity index (χ2n) is 5.06. The van der Waals surface area contributed by atoms with Crippen molar-refractivity contribution >= 4 is 27.5 Å². The van der Waals surface area contributed by atoms with Crippen molar-refractivity contribution in [3.63, 3.8) is 0 Å². The number of carbonyl (C=O) groups is 1. The van der Waals surface area contributed by atoms with Gasteiger partial charge in [-0.05, 0) is 25.1 Å². The number of halogens is 1. The van der Waals surface area contributed by atoms with Crippen LogP contribution >= 0.6 is 11.6 Å². The molecule has 0 aromatic heterocycles. The third-order valence-electron chi connectivity index (χ3n) is 3.32. The Bertz CT molecular complexity index is 645. The van der Waals surface area contributed by atoms with Crippen LogP contribution in [-0.2, 0) is 14.8 Å². The van der Waals surface area contributed by atoms with Crippen LogP contribution in [0.2, 0.25) is 5.02 Å². The summed E-state index contributed by atoms with van der Waals surface area (Å²) in [6, 6.07) is 3.93. The highest BCUT2D eigenvalue weighted by Gasteiger charge is 2.24. The highest BCUT2D eigenvalue weighted by molar-refractivity contribution is 7.89. The Hall–Kier alpha value is -1.15. The van der Waals surface area contributed by atoms with E-state index < -0.39 is 15.9 Å². The maximum Gasteiger partial charge on any atom is 0.253 e. The molecule has 1 N–H and O–H groups in total. The summed E-state index contributed by atoms with van der Waals surface area (Å²) >= 11 is 6.05. The average molecular weight is 363 g/mol. The minimum atomic E-state index is -3.64. The molecule has 1 aromatic carbocycles. The molecular formula is C15H23ClN2O4S. The predicted molar refractivity (Wildman–Crippen MR) is 90.4 cm³/mol. The van der Waals surface area contributed by atoms with E-state index in [4.69, 9.17) is 16.3 Å². The Labute approximate surface area is 142 Å². The lowest BCUT2D eigenvalue weighted by atomic mass is 10.2. The van der Waals surface area contributed by atoms with Gasteiger partial charge >= 0.3 is 0 Å². The minimum Gasteiger partial charge on any atom is -0.383 e. The molecule has 130 valence electrons. The van der Waals surface area contributed by atoms with Crippen molar-refractivity contribution in [2.24, 2.45) is 0 Å². The summed E-state index contributed by atoms with van der Waals surface area (Å²) in [7, 11) is -2.11. The van der Waals surface area contributed by atoms with Crippen LogP contribution in [-0.4, -0.2) is 51.5 Å². The third kappa shape index (κ3) is 4.91. The molecule has 8 heteroatoms. The van der Waals surface area contributed by atoms with Crippen LogP contribution in [0.3, 0.4) is 0 Å². The van der Waals surface area contributed by atoms with E-state index >= 15 is 0 Å². The van der Waals surface area contributed by atoms with Crippen LogP contribution in [0.15, 0.2) is 23.1 Å². The van der Waals surface area contributed by atoms with E-state index in [2.05, 4.69) is 5.32 Å². The Morgan fingerprint density at radius 3 is 2.48 bits per heavy atom. The van der Waals surface area contributed by atoms with E-state index in [1.54, 1.807) is 20.8 Å². The number of rotatable bonds is 8. The number of hydrogen-bond donors (Lipinski definition) is 1. The van der Waals surface area contributed by atoms with Gasteiger partial charge in [0.25, 0.3) is 5.91 Å².